The lowest BCUT2D eigenvalue weighted by Crippen LogP contribution is -2.11. The van der Waals surface area contributed by atoms with Crippen molar-refractivity contribution in [3.8, 4) is 11.1 Å². The van der Waals surface area contributed by atoms with E-state index in [9.17, 15) is 9.59 Å². The topological polar surface area (TPSA) is 71.4 Å². The molecule has 0 atom stereocenters. The number of pyridine rings is 1. The molecule has 0 unspecified atom stereocenters. The zero-order valence-electron chi connectivity index (χ0n) is 12.2. The van der Waals surface area contributed by atoms with Gasteiger partial charge in [0.15, 0.2) is 0 Å². The van der Waals surface area contributed by atoms with Gasteiger partial charge in [-0.05, 0) is 37.3 Å². The molecule has 1 aliphatic carbocycles. The molecule has 1 aromatic heterocycles. The lowest BCUT2D eigenvalue weighted by molar-refractivity contribution is 0.259. The zero-order chi connectivity index (χ0) is 15.5. The molecule has 0 saturated heterocycles. The minimum absolute atomic E-state index is 0.702. The van der Waals surface area contributed by atoms with Gasteiger partial charge in [0.25, 0.3) is 0 Å². The molecule has 1 N–H and O–H groups in total. The van der Waals surface area contributed by atoms with Gasteiger partial charge in [-0.15, -0.1) is 4.99 Å². The molecule has 3 rings (SSSR count). The molecule has 110 valence electrons. The minimum Gasteiger partial charge on any atom is -0.304 e. The van der Waals surface area contributed by atoms with E-state index in [0.717, 1.165) is 53.0 Å². The van der Waals surface area contributed by atoms with Crippen molar-refractivity contribution in [2.24, 2.45) is 4.99 Å². The summed E-state index contributed by atoms with van der Waals surface area (Å²) in [6.07, 6.45) is 4.06. The van der Waals surface area contributed by atoms with Crippen LogP contribution in [-0.4, -0.2) is 17.1 Å². The van der Waals surface area contributed by atoms with Crippen LogP contribution >= 0.6 is 0 Å². The first-order chi connectivity index (χ1) is 10.7. The van der Waals surface area contributed by atoms with Crippen LogP contribution in [-0.2, 0) is 17.6 Å². The fourth-order valence-electron chi connectivity index (χ4n) is 2.98. The molecule has 0 bridgehead atoms. The van der Waals surface area contributed by atoms with Gasteiger partial charge in [0.1, 0.15) is 0 Å². The lowest BCUT2D eigenvalue weighted by Gasteiger charge is -2.17. The van der Waals surface area contributed by atoms with Crippen molar-refractivity contribution in [1.82, 2.24) is 4.98 Å². The maximum atomic E-state index is 11.7. The highest BCUT2D eigenvalue weighted by atomic mass is 16.2. The van der Waals surface area contributed by atoms with E-state index in [4.69, 9.17) is 0 Å². The lowest BCUT2D eigenvalue weighted by atomic mass is 9.98. The number of aromatic nitrogens is 1. The van der Waals surface area contributed by atoms with Crippen LogP contribution < -0.4 is 5.32 Å². The second-order valence-electron chi connectivity index (χ2n) is 5.23. The Morgan fingerprint density at radius 3 is 2.77 bits per heavy atom. The number of anilines is 1. The number of hydrogen-bond donors (Lipinski definition) is 1. The first-order valence-corrected chi connectivity index (χ1v) is 7.17. The Balaban J connectivity index is 2.20. The van der Waals surface area contributed by atoms with Crippen molar-refractivity contribution in [1.29, 1.82) is 0 Å². The first kappa shape index (κ1) is 14.2. The third-order valence-corrected chi connectivity index (χ3v) is 3.85. The second kappa shape index (κ2) is 5.92. The normalized spacial score (nSPS) is 12.4. The molecule has 5 heteroatoms. The Labute approximate surface area is 128 Å². The predicted octanol–water partition coefficient (Wildman–Crippen LogP) is 3.41. The molecule has 5 nitrogen and oxygen atoms in total. The third-order valence-electron chi connectivity index (χ3n) is 3.85. The van der Waals surface area contributed by atoms with E-state index in [2.05, 4.69) is 15.3 Å². The number of hydrogen-bond acceptors (Lipinski definition) is 3. The van der Waals surface area contributed by atoms with Gasteiger partial charge in [0, 0.05) is 17.0 Å². The molecule has 1 heterocycles. The van der Waals surface area contributed by atoms with Gasteiger partial charge in [-0.2, -0.15) is 0 Å². The zero-order valence-corrected chi connectivity index (χ0v) is 12.2. The highest BCUT2D eigenvalue weighted by Crippen LogP contribution is 2.38. The summed E-state index contributed by atoms with van der Waals surface area (Å²) in [6, 6.07) is 9.07. The summed E-state index contributed by atoms with van der Waals surface area (Å²) in [6.45, 7) is 1.93. The van der Waals surface area contributed by atoms with Gasteiger partial charge >= 0.3 is 6.03 Å². The number of rotatable bonds is 2. The molecule has 1 aliphatic rings. The van der Waals surface area contributed by atoms with Crippen molar-refractivity contribution < 1.29 is 9.59 Å². The van der Waals surface area contributed by atoms with Gasteiger partial charge in [0.05, 0.1) is 5.69 Å². The van der Waals surface area contributed by atoms with Crippen LogP contribution in [0, 0.1) is 6.92 Å². The summed E-state index contributed by atoms with van der Waals surface area (Å²) < 4.78 is 0. The van der Waals surface area contributed by atoms with Crippen LogP contribution in [0.1, 0.15) is 23.4 Å². The van der Waals surface area contributed by atoms with Crippen LogP contribution in [0.3, 0.4) is 0 Å². The number of nitrogens with zero attached hydrogens (tertiary/aromatic N) is 2. The van der Waals surface area contributed by atoms with Crippen LogP contribution in [0.5, 0.6) is 0 Å². The molecular weight excluding hydrogens is 278 g/mol. The van der Waals surface area contributed by atoms with Crippen molar-refractivity contribution in [3.63, 3.8) is 0 Å². The first-order valence-electron chi connectivity index (χ1n) is 7.17. The van der Waals surface area contributed by atoms with E-state index >= 15 is 0 Å². The molecule has 0 saturated carbocycles. The summed E-state index contributed by atoms with van der Waals surface area (Å²) in [4.78, 5) is 29.9. The summed E-state index contributed by atoms with van der Waals surface area (Å²) in [5.74, 6) is 0. The van der Waals surface area contributed by atoms with Gasteiger partial charge < -0.3 is 5.32 Å². The van der Waals surface area contributed by atoms with Crippen molar-refractivity contribution in [3.05, 3.63) is 47.3 Å². The summed E-state index contributed by atoms with van der Waals surface area (Å²) >= 11 is 0. The van der Waals surface area contributed by atoms with E-state index < -0.39 is 6.03 Å². The number of nitrogens with one attached hydrogen (secondary N) is 1. The standard InChI is InChI=1S/C17H15N3O2/c1-11-15(12-6-3-2-4-7-12)16(20-17(22)18-10-21)13-8-5-9-14(13)19-11/h2-4,6-7H,5,8-9H2,1H3,(H,19,20,22). The van der Waals surface area contributed by atoms with Gasteiger partial charge in [-0.3, -0.25) is 4.98 Å². The Morgan fingerprint density at radius 1 is 1.27 bits per heavy atom. The Morgan fingerprint density at radius 2 is 2.05 bits per heavy atom. The monoisotopic (exact) mass is 293 g/mol. The molecule has 0 fully saturated rings. The number of aliphatic imine (C=N–C) groups is 1. The number of carbonyl (C=O) groups excluding carboxylic acids is 2. The van der Waals surface area contributed by atoms with E-state index in [0.29, 0.717) is 0 Å². The minimum atomic E-state index is -0.702. The Kier molecular flexibility index (Phi) is 3.81. The number of benzene rings is 1. The molecule has 0 radical (unpaired) electrons. The second-order valence-corrected chi connectivity index (χ2v) is 5.23. The van der Waals surface area contributed by atoms with E-state index in [-0.39, 0.29) is 0 Å². The molecule has 2 amide bonds. The summed E-state index contributed by atoms with van der Waals surface area (Å²) in [5, 5.41) is 2.74. The predicted molar refractivity (Wildman–Crippen MR) is 83.6 cm³/mol. The summed E-state index contributed by atoms with van der Waals surface area (Å²) in [5.41, 5.74) is 5.50. The number of fused-ring (bicyclic) bond motifs is 1. The SMILES string of the molecule is Cc1nc2c(c(NC(=O)N=C=O)c1-c1ccccc1)CCC2. The average Bonchev–Trinajstić information content (AvgIpc) is 2.96. The highest BCUT2D eigenvalue weighted by molar-refractivity contribution is 5.98. The molecule has 0 aliphatic heterocycles. The van der Waals surface area contributed by atoms with E-state index in [1.165, 1.54) is 6.08 Å². The van der Waals surface area contributed by atoms with Crippen LogP contribution in [0.25, 0.3) is 11.1 Å². The maximum absolute atomic E-state index is 11.7. The quantitative estimate of drug-likeness (QED) is 0.681. The van der Waals surface area contributed by atoms with Gasteiger partial charge in [-0.1, -0.05) is 30.3 Å². The van der Waals surface area contributed by atoms with Crippen molar-refractivity contribution in [2.75, 3.05) is 5.32 Å². The number of isocyanates is 1. The largest absolute Gasteiger partial charge is 0.356 e. The van der Waals surface area contributed by atoms with E-state index in [1.807, 2.05) is 37.3 Å². The molecule has 2 aromatic rings. The molecule has 0 spiro atoms. The maximum Gasteiger partial charge on any atom is 0.356 e. The van der Waals surface area contributed by atoms with Crippen LogP contribution in [0.2, 0.25) is 0 Å². The van der Waals surface area contributed by atoms with E-state index in [1.54, 1.807) is 0 Å². The fraction of sp³-hybridized carbons (Fsp3) is 0.235. The fourth-order valence-corrected chi connectivity index (χ4v) is 2.98. The van der Waals surface area contributed by atoms with Crippen LogP contribution in [0.4, 0.5) is 10.5 Å². The summed E-state index contributed by atoms with van der Waals surface area (Å²) in [7, 11) is 0. The van der Waals surface area contributed by atoms with Gasteiger partial charge in [-0.25, -0.2) is 9.59 Å². The highest BCUT2D eigenvalue weighted by Gasteiger charge is 2.23. The number of aryl methyl sites for hydroxylation is 2. The number of urea groups is 1. The Hall–Kier alpha value is -2.78. The molecule has 1 aromatic carbocycles. The van der Waals surface area contributed by atoms with Crippen molar-refractivity contribution >= 4 is 17.8 Å². The molecule has 22 heavy (non-hydrogen) atoms. The smallest absolute Gasteiger partial charge is 0.304 e. The number of amides is 2. The van der Waals surface area contributed by atoms with Crippen LogP contribution in [0.15, 0.2) is 35.3 Å². The van der Waals surface area contributed by atoms with Crippen molar-refractivity contribution in [2.45, 2.75) is 26.2 Å². The molecular formula is C17H15N3O2. The number of carbonyl (C=O) groups is 1. The Bertz CT molecular complexity index is 778. The van der Waals surface area contributed by atoms with Gasteiger partial charge in [0.2, 0.25) is 6.08 Å². The third kappa shape index (κ3) is 2.54. The average molecular weight is 293 g/mol.